The van der Waals surface area contributed by atoms with E-state index in [0.29, 0.717) is 36.3 Å². The van der Waals surface area contributed by atoms with E-state index in [4.69, 9.17) is 5.73 Å². The number of carbonyl (C=O) groups is 1. The van der Waals surface area contributed by atoms with E-state index in [1.807, 2.05) is 0 Å². The number of carbonyl (C=O) groups excluding carboxylic acids is 1. The molecule has 0 aromatic heterocycles. The molecule has 0 unspecified atom stereocenters. The molecule has 1 aliphatic rings. The molecule has 0 heterocycles. The molecular formula is C16H32N2O. The van der Waals surface area contributed by atoms with E-state index >= 15 is 0 Å². The number of hydrogen-bond donors (Lipinski definition) is 2. The van der Waals surface area contributed by atoms with Crippen molar-refractivity contribution in [2.24, 2.45) is 23.0 Å². The fourth-order valence-electron chi connectivity index (χ4n) is 3.02. The number of hydrogen-bond acceptors (Lipinski definition) is 2. The van der Waals surface area contributed by atoms with Gasteiger partial charge in [-0.3, -0.25) is 4.79 Å². The van der Waals surface area contributed by atoms with E-state index in [1.54, 1.807) is 0 Å². The molecule has 3 N–H and O–H groups in total. The second kappa shape index (κ2) is 7.28. The Kier molecular flexibility index (Phi) is 6.31. The zero-order chi connectivity index (χ0) is 14.5. The van der Waals surface area contributed by atoms with Gasteiger partial charge in [0.1, 0.15) is 0 Å². The third-order valence-corrected chi connectivity index (χ3v) is 4.32. The lowest BCUT2D eigenvalue weighted by atomic mass is 9.75. The minimum absolute atomic E-state index is 0.195. The Balaban J connectivity index is 2.31. The quantitative estimate of drug-likeness (QED) is 0.778. The molecule has 0 radical (unpaired) electrons. The molecule has 1 fully saturated rings. The van der Waals surface area contributed by atoms with Gasteiger partial charge < -0.3 is 11.1 Å². The third kappa shape index (κ3) is 6.42. The van der Waals surface area contributed by atoms with Crippen LogP contribution in [0.2, 0.25) is 0 Å². The minimum atomic E-state index is 0.195. The molecule has 0 spiro atoms. The van der Waals surface area contributed by atoms with Gasteiger partial charge in [-0.2, -0.15) is 0 Å². The first-order valence-corrected chi connectivity index (χ1v) is 7.82. The molecule has 3 heteroatoms. The second-order valence-electron chi connectivity index (χ2n) is 7.44. The molecule has 1 aliphatic carbocycles. The van der Waals surface area contributed by atoms with Crippen LogP contribution in [0.4, 0.5) is 0 Å². The summed E-state index contributed by atoms with van der Waals surface area (Å²) >= 11 is 0. The highest BCUT2D eigenvalue weighted by molar-refractivity contribution is 5.76. The summed E-state index contributed by atoms with van der Waals surface area (Å²) in [6.07, 6.45) is 6.30. The maximum atomic E-state index is 12.1. The lowest BCUT2D eigenvalue weighted by Crippen LogP contribution is -2.40. The summed E-state index contributed by atoms with van der Waals surface area (Å²) in [4.78, 5) is 12.1. The van der Waals surface area contributed by atoms with Crippen LogP contribution in [0.25, 0.3) is 0 Å². The fraction of sp³-hybridized carbons (Fsp3) is 0.938. The Morgan fingerprint density at radius 3 is 2.37 bits per heavy atom. The Labute approximate surface area is 118 Å². The molecule has 0 aliphatic heterocycles. The van der Waals surface area contributed by atoms with E-state index in [0.717, 1.165) is 19.3 Å². The summed E-state index contributed by atoms with van der Waals surface area (Å²) in [6, 6.07) is 0.387. The van der Waals surface area contributed by atoms with E-state index in [9.17, 15) is 4.79 Å². The molecule has 0 saturated heterocycles. The van der Waals surface area contributed by atoms with E-state index in [2.05, 4.69) is 33.0 Å². The number of nitrogens with one attached hydrogen (secondary N) is 1. The molecule has 19 heavy (non-hydrogen) atoms. The van der Waals surface area contributed by atoms with Crippen LogP contribution in [-0.4, -0.2) is 18.5 Å². The summed E-state index contributed by atoms with van der Waals surface area (Å²) in [5, 5.41) is 3.20. The smallest absolute Gasteiger partial charge is 0.220 e. The van der Waals surface area contributed by atoms with Gasteiger partial charge in [-0.05, 0) is 55.9 Å². The van der Waals surface area contributed by atoms with Crippen molar-refractivity contribution in [3.63, 3.8) is 0 Å². The lowest BCUT2D eigenvalue weighted by molar-refractivity contribution is -0.123. The van der Waals surface area contributed by atoms with E-state index in [-0.39, 0.29) is 5.91 Å². The van der Waals surface area contributed by atoms with Gasteiger partial charge in [-0.25, -0.2) is 0 Å². The third-order valence-electron chi connectivity index (χ3n) is 4.32. The van der Waals surface area contributed by atoms with Crippen molar-refractivity contribution in [3.8, 4) is 0 Å². The Bertz CT molecular complexity index is 276. The van der Waals surface area contributed by atoms with Gasteiger partial charge in [0.15, 0.2) is 0 Å². The summed E-state index contributed by atoms with van der Waals surface area (Å²) in [7, 11) is 0. The monoisotopic (exact) mass is 268 g/mol. The van der Waals surface area contributed by atoms with Crippen LogP contribution in [0, 0.1) is 17.3 Å². The number of amides is 1. The van der Waals surface area contributed by atoms with Gasteiger partial charge in [-0.1, -0.05) is 27.7 Å². The largest absolute Gasteiger partial charge is 0.353 e. The van der Waals surface area contributed by atoms with Crippen LogP contribution in [0.1, 0.15) is 66.2 Å². The summed E-state index contributed by atoms with van der Waals surface area (Å²) in [5.74, 6) is 1.14. The predicted molar refractivity (Wildman–Crippen MR) is 80.8 cm³/mol. The first-order valence-electron chi connectivity index (χ1n) is 7.82. The molecule has 1 amide bonds. The lowest BCUT2D eigenvalue weighted by Gasteiger charge is -2.34. The Hall–Kier alpha value is -0.570. The van der Waals surface area contributed by atoms with Crippen LogP contribution >= 0.6 is 0 Å². The van der Waals surface area contributed by atoms with Crippen molar-refractivity contribution in [3.05, 3.63) is 0 Å². The van der Waals surface area contributed by atoms with Gasteiger partial charge in [0.05, 0.1) is 0 Å². The zero-order valence-electron chi connectivity index (χ0n) is 13.2. The average molecular weight is 268 g/mol. The fourth-order valence-corrected chi connectivity index (χ4v) is 3.02. The van der Waals surface area contributed by atoms with Gasteiger partial charge in [0, 0.05) is 12.5 Å². The topological polar surface area (TPSA) is 55.1 Å². The van der Waals surface area contributed by atoms with Gasteiger partial charge >= 0.3 is 0 Å². The van der Waals surface area contributed by atoms with Crippen molar-refractivity contribution >= 4 is 5.91 Å². The van der Waals surface area contributed by atoms with Crippen LogP contribution in [-0.2, 0) is 4.79 Å². The van der Waals surface area contributed by atoms with Crippen LogP contribution in [0.5, 0.6) is 0 Å². The van der Waals surface area contributed by atoms with Crippen molar-refractivity contribution < 1.29 is 4.79 Å². The molecule has 1 atom stereocenters. The Morgan fingerprint density at radius 2 is 1.89 bits per heavy atom. The summed E-state index contributed by atoms with van der Waals surface area (Å²) in [5.41, 5.74) is 6.22. The van der Waals surface area contributed by atoms with E-state index in [1.165, 1.54) is 12.8 Å². The standard InChI is InChI=1S/C16H32N2O/c1-12(2)9-13(11-17)10-15(19)18-14-5-7-16(3,4)8-6-14/h12-14H,5-11,17H2,1-4H3,(H,18,19)/t13-/m0/s1. The molecule has 1 rings (SSSR count). The Morgan fingerprint density at radius 1 is 1.32 bits per heavy atom. The predicted octanol–water partition coefficient (Wildman–Crippen LogP) is 3.08. The zero-order valence-corrected chi connectivity index (χ0v) is 13.2. The van der Waals surface area contributed by atoms with Crippen molar-refractivity contribution in [1.29, 1.82) is 0 Å². The average Bonchev–Trinajstić information content (AvgIpc) is 2.30. The molecule has 0 aromatic carbocycles. The SMILES string of the molecule is CC(C)C[C@H](CN)CC(=O)NC1CCC(C)(C)CC1. The first-order chi connectivity index (χ1) is 8.82. The molecule has 0 bridgehead atoms. The van der Waals surface area contributed by atoms with Gasteiger partial charge in [0.25, 0.3) is 0 Å². The van der Waals surface area contributed by atoms with Crippen molar-refractivity contribution in [1.82, 2.24) is 5.32 Å². The summed E-state index contributed by atoms with van der Waals surface area (Å²) < 4.78 is 0. The van der Waals surface area contributed by atoms with Crippen molar-refractivity contribution in [2.75, 3.05) is 6.54 Å². The molecule has 1 saturated carbocycles. The number of nitrogens with two attached hydrogens (primary N) is 1. The highest BCUT2D eigenvalue weighted by Gasteiger charge is 2.27. The number of rotatable bonds is 6. The highest BCUT2D eigenvalue weighted by atomic mass is 16.1. The van der Waals surface area contributed by atoms with Crippen LogP contribution in [0.3, 0.4) is 0 Å². The maximum absolute atomic E-state index is 12.1. The normalized spacial score (nSPS) is 21.4. The van der Waals surface area contributed by atoms with Crippen molar-refractivity contribution in [2.45, 2.75) is 72.3 Å². The second-order valence-corrected chi connectivity index (χ2v) is 7.44. The van der Waals surface area contributed by atoms with Crippen LogP contribution < -0.4 is 11.1 Å². The van der Waals surface area contributed by atoms with Gasteiger partial charge in [-0.15, -0.1) is 0 Å². The van der Waals surface area contributed by atoms with Gasteiger partial charge in [0.2, 0.25) is 5.91 Å². The molecule has 3 nitrogen and oxygen atoms in total. The summed E-state index contributed by atoms with van der Waals surface area (Å²) in [6.45, 7) is 9.62. The van der Waals surface area contributed by atoms with Crippen LogP contribution in [0.15, 0.2) is 0 Å². The van der Waals surface area contributed by atoms with E-state index < -0.39 is 0 Å². The molecule has 112 valence electrons. The minimum Gasteiger partial charge on any atom is -0.353 e. The maximum Gasteiger partial charge on any atom is 0.220 e. The first kappa shape index (κ1) is 16.5. The molecular weight excluding hydrogens is 236 g/mol. The molecule has 0 aromatic rings. The highest BCUT2D eigenvalue weighted by Crippen LogP contribution is 2.35.